The molecule has 0 N–H and O–H groups in total. The zero-order valence-electron chi connectivity index (χ0n) is 17.2. The minimum atomic E-state index is -3.10. The number of amides is 1. The van der Waals surface area contributed by atoms with Crippen LogP contribution in [0.15, 0.2) is 66.1 Å². The number of benzene rings is 2. The summed E-state index contributed by atoms with van der Waals surface area (Å²) < 4.78 is 25.9. The highest BCUT2D eigenvalue weighted by Gasteiger charge is 2.34. The Morgan fingerprint density at radius 3 is 2.61 bits per heavy atom. The van der Waals surface area contributed by atoms with Gasteiger partial charge >= 0.3 is 0 Å². The Morgan fingerprint density at radius 2 is 1.90 bits per heavy atom. The van der Waals surface area contributed by atoms with E-state index < -0.39 is 9.84 Å². The molecule has 0 spiro atoms. The molecule has 0 aliphatic carbocycles. The van der Waals surface area contributed by atoms with Gasteiger partial charge in [0.25, 0.3) is 0 Å². The van der Waals surface area contributed by atoms with Gasteiger partial charge in [-0.25, -0.2) is 8.42 Å². The highest BCUT2D eigenvalue weighted by atomic mass is 32.2. The SMILES string of the molecule is Cc1ccccc1-n1cnnc1SCC(=O)N(Cc1ccccc1)[C@H]1CCS(=O)(=O)C1. The number of carbonyl (C=O) groups is 1. The lowest BCUT2D eigenvalue weighted by Gasteiger charge is -2.28. The van der Waals surface area contributed by atoms with Crippen LogP contribution in [-0.2, 0) is 21.2 Å². The van der Waals surface area contributed by atoms with Gasteiger partial charge in [-0.3, -0.25) is 9.36 Å². The molecule has 1 aromatic heterocycles. The summed E-state index contributed by atoms with van der Waals surface area (Å²) in [6.45, 7) is 2.40. The van der Waals surface area contributed by atoms with Gasteiger partial charge in [0.2, 0.25) is 5.91 Å². The standard InChI is InChI=1S/C22H24N4O3S2/c1-17-7-5-6-10-20(17)26-16-23-24-22(26)30-14-21(27)25(13-18-8-3-2-4-9-18)19-11-12-31(28,29)15-19/h2-10,16,19H,11-15H2,1H3/t19-/m0/s1. The third-order valence-corrected chi connectivity index (χ3v) is 8.06. The minimum Gasteiger partial charge on any atom is -0.334 e. The summed E-state index contributed by atoms with van der Waals surface area (Å²) in [5, 5.41) is 8.82. The van der Waals surface area contributed by atoms with Crippen LogP contribution in [0.3, 0.4) is 0 Å². The second-order valence-corrected chi connectivity index (χ2v) is 10.8. The largest absolute Gasteiger partial charge is 0.334 e. The number of hydrogen-bond donors (Lipinski definition) is 0. The molecule has 0 saturated carbocycles. The van der Waals surface area contributed by atoms with Crippen LogP contribution >= 0.6 is 11.8 Å². The van der Waals surface area contributed by atoms with Gasteiger partial charge in [-0.05, 0) is 30.5 Å². The van der Waals surface area contributed by atoms with E-state index in [9.17, 15) is 13.2 Å². The molecule has 0 bridgehead atoms. The van der Waals surface area contributed by atoms with Gasteiger partial charge in [0.1, 0.15) is 6.33 Å². The highest BCUT2D eigenvalue weighted by Crippen LogP contribution is 2.25. The monoisotopic (exact) mass is 456 g/mol. The topological polar surface area (TPSA) is 85.2 Å². The van der Waals surface area contributed by atoms with E-state index in [4.69, 9.17) is 0 Å². The molecule has 2 heterocycles. The Morgan fingerprint density at radius 1 is 1.16 bits per heavy atom. The fourth-order valence-electron chi connectivity index (χ4n) is 3.75. The summed E-state index contributed by atoms with van der Waals surface area (Å²) in [4.78, 5) is 14.9. The van der Waals surface area contributed by atoms with Gasteiger partial charge in [0, 0.05) is 12.6 Å². The quantitative estimate of drug-likeness (QED) is 0.508. The van der Waals surface area contributed by atoms with Crippen LogP contribution in [-0.4, -0.2) is 57.3 Å². The van der Waals surface area contributed by atoms with E-state index in [0.29, 0.717) is 18.1 Å². The molecular weight excluding hydrogens is 432 g/mol. The van der Waals surface area contributed by atoms with Crippen LogP contribution in [0.25, 0.3) is 5.69 Å². The zero-order valence-corrected chi connectivity index (χ0v) is 18.8. The van der Waals surface area contributed by atoms with Crippen LogP contribution in [0.2, 0.25) is 0 Å². The van der Waals surface area contributed by atoms with E-state index in [1.807, 2.05) is 66.1 Å². The number of aromatic nitrogens is 3. The third-order valence-electron chi connectivity index (χ3n) is 5.38. The van der Waals surface area contributed by atoms with Crippen LogP contribution < -0.4 is 0 Å². The number of aryl methyl sites for hydroxylation is 1. The maximum atomic E-state index is 13.2. The first kappa shape index (κ1) is 21.6. The lowest BCUT2D eigenvalue weighted by molar-refractivity contribution is -0.130. The third kappa shape index (κ3) is 5.16. The van der Waals surface area contributed by atoms with Gasteiger partial charge in [0.05, 0.1) is 22.9 Å². The summed E-state index contributed by atoms with van der Waals surface area (Å²) in [6.07, 6.45) is 2.12. The summed E-state index contributed by atoms with van der Waals surface area (Å²) in [5.74, 6) is 0.212. The van der Waals surface area contributed by atoms with Gasteiger partial charge < -0.3 is 4.90 Å². The van der Waals surface area contributed by atoms with Crippen molar-refractivity contribution in [1.29, 1.82) is 0 Å². The summed E-state index contributed by atoms with van der Waals surface area (Å²) in [5.41, 5.74) is 3.02. The van der Waals surface area contributed by atoms with E-state index in [0.717, 1.165) is 16.8 Å². The molecule has 1 amide bonds. The van der Waals surface area contributed by atoms with Crippen molar-refractivity contribution in [2.45, 2.75) is 31.1 Å². The van der Waals surface area contributed by atoms with Crippen molar-refractivity contribution < 1.29 is 13.2 Å². The number of hydrogen-bond acceptors (Lipinski definition) is 6. The molecule has 1 atom stereocenters. The smallest absolute Gasteiger partial charge is 0.233 e. The molecule has 1 saturated heterocycles. The molecule has 0 radical (unpaired) electrons. The number of rotatable bonds is 7. The Kier molecular flexibility index (Phi) is 6.43. The fraction of sp³-hybridized carbons (Fsp3) is 0.318. The summed E-state index contributed by atoms with van der Waals surface area (Å²) >= 11 is 1.31. The molecule has 2 aromatic carbocycles. The lowest BCUT2D eigenvalue weighted by Crippen LogP contribution is -2.41. The predicted molar refractivity (Wildman–Crippen MR) is 121 cm³/mol. The molecule has 3 aromatic rings. The van der Waals surface area contributed by atoms with E-state index >= 15 is 0 Å². The second-order valence-electron chi connectivity index (χ2n) is 7.62. The maximum Gasteiger partial charge on any atom is 0.233 e. The van der Waals surface area contributed by atoms with Gasteiger partial charge in [0.15, 0.2) is 15.0 Å². The summed E-state index contributed by atoms with van der Waals surface area (Å²) in [6, 6.07) is 17.3. The first-order valence-electron chi connectivity index (χ1n) is 10.1. The van der Waals surface area contributed by atoms with Crippen molar-refractivity contribution in [3.8, 4) is 5.69 Å². The highest BCUT2D eigenvalue weighted by molar-refractivity contribution is 7.99. The molecule has 1 aliphatic heterocycles. The Labute approximate surface area is 186 Å². The average Bonchev–Trinajstić information content (AvgIpc) is 3.37. The molecular formula is C22H24N4O3S2. The van der Waals surface area contributed by atoms with Crippen molar-refractivity contribution in [2.24, 2.45) is 0 Å². The first-order chi connectivity index (χ1) is 14.9. The molecule has 4 rings (SSSR count). The molecule has 31 heavy (non-hydrogen) atoms. The van der Waals surface area contributed by atoms with Crippen LogP contribution in [0.5, 0.6) is 0 Å². The van der Waals surface area contributed by atoms with Gasteiger partial charge in [-0.1, -0.05) is 60.3 Å². The van der Waals surface area contributed by atoms with Crippen molar-refractivity contribution in [2.75, 3.05) is 17.3 Å². The van der Waals surface area contributed by atoms with Gasteiger partial charge in [-0.2, -0.15) is 0 Å². The number of para-hydroxylation sites is 1. The van der Waals surface area contributed by atoms with Crippen LogP contribution in [0.1, 0.15) is 17.5 Å². The van der Waals surface area contributed by atoms with Crippen LogP contribution in [0, 0.1) is 6.92 Å². The Bertz CT molecular complexity index is 1160. The number of thioether (sulfide) groups is 1. The van der Waals surface area contributed by atoms with Crippen LogP contribution in [0.4, 0.5) is 0 Å². The number of carbonyl (C=O) groups excluding carboxylic acids is 1. The van der Waals surface area contributed by atoms with Crippen molar-refractivity contribution >= 4 is 27.5 Å². The second kappa shape index (κ2) is 9.23. The van der Waals surface area contributed by atoms with E-state index in [1.165, 1.54) is 11.8 Å². The van der Waals surface area contributed by atoms with E-state index in [-0.39, 0.29) is 29.2 Å². The fourth-order valence-corrected chi connectivity index (χ4v) is 6.29. The molecule has 0 unspecified atom stereocenters. The predicted octanol–water partition coefficient (Wildman–Crippen LogP) is 2.88. The normalized spacial score (nSPS) is 17.5. The number of sulfone groups is 1. The Balaban J connectivity index is 1.51. The molecule has 1 aliphatic rings. The molecule has 9 heteroatoms. The molecule has 1 fully saturated rings. The van der Waals surface area contributed by atoms with Gasteiger partial charge in [-0.15, -0.1) is 10.2 Å². The van der Waals surface area contributed by atoms with E-state index in [1.54, 1.807) is 11.2 Å². The number of nitrogens with zero attached hydrogens (tertiary/aromatic N) is 4. The van der Waals surface area contributed by atoms with E-state index in [2.05, 4.69) is 10.2 Å². The summed E-state index contributed by atoms with van der Waals surface area (Å²) in [7, 11) is -3.10. The minimum absolute atomic E-state index is 0.0234. The Hall–Kier alpha value is -2.65. The zero-order chi connectivity index (χ0) is 21.8. The lowest BCUT2D eigenvalue weighted by atomic mass is 10.1. The maximum absolute atomic E-state index is 13.2. The molecule has 162 valence electrons. The van der Waals surface area contributed by atoms with Crippen molar-refractivity contribution in [3.63, 3.8) is 0 Å². The van der Waals surface area contributed by atoms with Crippen molar-refractivity contribution in [3.05, 3.63) is 72.1 Å². The first-order valence-corrected chi connectivity index (χ1v) is 12.9. The average molecular weight is 457 g/mol. The van der Waals surface area contributed by atoms with Crippen molar-refractivity contribution in [1.82, 2.24) is 19.7 Å². The molecule has 7 nitrogen and oxygen atoms in total.